The maximum Gasteiger partial charge on any atom is 0.226 e. The van der Waals surface area contributed by atoms with E-state index in [0.717, 1.165) is 51.1 Å². The number of ether oxygens (including phenoxy) is 1. The van der Waals surface area contributed by atoms with E-state index in [-0.39, 0.29) is 11.7 Å². The molecule has 138 valence electrons. The molecule has 3 rings (SSSR count). The van der Waals surface area contributed by atoms with Crippen molar-refractivity contribution < 1.29 is 13.9 Å². The van der Waals surface area contributed by atoms with Crippen molar-refractivity contribution >= 4 is 5.91 Å². The normalized spacial score (nSPS) is 26.0. The monoisotopic (exact) mass is 348 g/mol. The first-order chi connectivity index (χ1) is 12.0. The van der Waals surface area contributed by atoms with Gasteiger partial charge in [-0.05, 0) is 50.3 Å². The predicted molar refractivity (Wildman–Crippen MR) is 95.9 cm³/mol. The molecular formula is C20H29FN2O2. The number of carbonyl (C=O) groups excluding carboxylic acids is 1. The van der Waals surface area contributed by atoms with Crippen LogP contribution in [0.1, 0.15) is 32.3 Å². The highest BCUT2D eigenvalue weighted by Gasteiger charge is 2.27. The molecule has 1 aromatic carbocycles. The lowest BCUT2D eigenvalue weighted by molar-refractivity contribution is -0.132. The van der Waals surface area contributed by atoms with Gasteiger partial charge in [-0.2, -0.15) is 0 Å². The quantitative estimate of drug-likeness (QED) is 0.839. The predicted octanol–water partition coefficient (Wildman–Crippen LogP) is 2.72. The summed E-state index contributed by atoms with van der Waals surface area (Å²) in [5.74, 6) is 0.551. The first kappa shape index (κ1) is 18.3. The van der Waals surface area contributed by atoms with Gasteiger partial charge in [-0.25, -0.2) is 4.39 Å². The zero-order chi connectivity index (χ0) is 17.8. The second-order valence-electron chi connectivity index (χ2n) is 7.60. The van der Waals surface area contributed by atoms with Crippen molar-refractivity contribution in [2.24, 2.45) is 5.92 Å². The molecule has 4 nitrogen and oxygen atoms in total. The van der Waals surface area contributed by atoms with Crippen LogP contribution < -0.4 is 0 Å². The third-order valence-electron chi connectivity index (χ3n) is 5.25. The molecule has 2 aliphatic heterocycles. The van der Waals surface area contributed by atoms with Crippen molar-refractivity contribution in [3.8, 4) is 0 Å². The van der Waals surface area contributed by atoms with Crippen LogP contribution in [0.2, 0.25) is 0 Å². The van der Waals surface area contributed by atoms with Gasteiger partial charge in [-0.15, -0.1) is 0 Å². The highest BCUT2D eigenvalue weighted by molar-refractivity contribution is 5.78. The zero-order valence-electron chi connectivity index (χ0n) is 15.3. The van der Waals surface area contributed by atoms with E-state index < -0.39 is 0 Å². The Balaban J connectivity index is 1.43. The number of morpholine rings is 1. The Hall–Kier alpha value is -1.46. The summed E-state index contributed by atoms with van der Waals surface area (Å²) in [6, 6.07) is 6.22. The van der Waals surface area contributed by atoms with Crippen LogP contribution in [0.4, 0.5) is 4.39 Å². The van der Waals surface area contributed by atoms with Crippen LogP contribution in [-0.2, 0) is 16.0 Å². The van der Waals surface area contributed by atoms with Gasteiger partial charge >= 0.3 is 0 Å². The van der Waals surface area contributed by atoms with Crippen LogP contribution in [0.15, 0.2) is 24.3 Å². The Morgan fingerprint density at radius 1 is 1.12 bits per heavy atom. The molecule has 25 heavy (non-hydrogen) atoms. The highest BCUT2D eigenvalue weighted by Crippen LogP contribution is 2.21. The minimum atomic E-state index is -0.260. The molecule has 0 saturated carbocycles. The van der Waals surface area contributed by atoms with E-state index in [2.05, 4.69) is 18.7 Å². The lowest BCUT2D eigenvalue weighted by atomic mass is 9.95. The fourth-order valence-electron chi connectivity index (χ4n) is 4.05. The van der Waals surface area contributed by atoms with Crippen molar-refractivity contribution in [2.45, 2.75) is 45.3 Å². The minimum absolute atomic E-state index is 0.152. The summed E-state index contributed by atoms with van der Waals surface area (Å²) in [5, 5.41) is 0. The third kappa shape index (κ3) is 5.25. The summed E-state index contributed by atoms with van der Waals surface area (Å²) in [7, 11) is 0. The van der Waals surface area contributed by atoms with Gasteiger partial charge < -0.3 is 9.64 Å². The van der Waals surface area contributed by atoms with Gasteiger partial charge in [0.25, 0.3) is 0 Å². The lowest BCUT2D eigenvalue weighted by Gasteiger charge is -2.39. The summed E-state index contributed by atoms with van der Waals surface area (Å²) in [4.78, 5) is 16.9. The molecule has 2 atom stereocenters. The molecule has 2 saturated heterocycles. The van der Waals surface area contributed by atoms with Crippen LogP contribution in [0, 0.1) is 11.7 Å². The summed E-state index contributed by atoms with van der Waals surface area (Å²) < 4.78 is 18.8. The first-order valence-corrected chi connectivity index (χ1v) is 9.39. The fraction of sp³-hybridized carbons (Fsp3) is 0.650. The van der Waals surface area contributed by atoms with Crippen LogP contribution in [0.25, 0.3) is 0 Å². The molecule has 0 bridgehead atoms. The van der Waals surface area contributed by atoms with Gasteiger partial charge in [-0.3, -0.25) is 9.69 Å². The molecule has 2 aliphatic rings. The topological polar surface area (TPSA) is 32.8 Å². The Bertz CT molecular complexity index is 560. The molecule has 0 spiro atoms. The SMILES string of the molecule is CC1CN(CC2CCN(C(=O)Cc3ccc(F)cc3)CC2)CC(C)O1. The van der Waals surface area contributed by atoms with Gasteiger partial charge in [0.15, 0.2) is 0 Å². The maximum atomic E-state index is 13.0. The average Bonchev–Trinajstić information content (AvgIpc) is 2.56. The van der Waals surface area contributed by atoms with Gasteiger partial charge in [0.1, 0.15) is 5.82 Å². The van der Waals surface area contributed by atoms with Gasteiger partial charge in [-0.1, -0.05) is 12.1 Å². The second-order valence-corrected chi connectivity index (χ2v) is 7.60. The summed E-state index contributed by atoms with van der Waals surface area (Å²) in [6.45, 7) is 9.07. The zero-order valence-corrected chi connectivity index (χ0v) is 15.3. The number of carbonyl (C=O) groups is 1. The van der Waals surface area contributed by atoms with E-state index in [0.29, 0.717) is 24.5 Å². The van der Waals surface area contributed by atoms with E-state index in [9.17, 15) is 9.18 Å². The van der Waals surface area contributed by atoms with Gasteiger partial charge in [0, 0.05) is 32.7 Å². The Labute approximate surface area is 149 Å². The molecule has 1 amide bonds. The van der Waals surface area contributed by atoms with E-state index in [4.69, 9.17) is 4.74 Å². The number of hydrogen-bond donors (Lipinski definition) is 0. The van der Waals surface area contributed by atoms with E-state index >= 15 is 0 Å². The number of hydrogen-bond acceptors (Lipinski definition) is 3. The van der Waals surface area contributed by atoms with Gasteiger partial charge in [0.2, 0.25) is 5.91 Å². The number of amides is 1. The third-order valence-corrected chi connectivity index (χ3v) is 5.25. The molecule has 2 fully saturated rings. The van der Waals surface area contributed by atoms with Crippen LogP contribution in [0.3, 0.4) is 0 Å². The fourth-order valence-corrected chi connectivity index (χ4v) is 4.05. The smallest absolute Gasteiger partial charge is 0.226 e. The Kier molecular flexibility index (Phi) is 6.07. The van der Waals surface area contributed by atoms with Crippen LogP contribution in [-0.4, -0.2) is 60.6 Å². The highest BCUT2D eigenvalue weighted by atomic mass is 19.1. The number of halogens is 1. The van der Waals surface area contributed by atoms with E-state index in [1.165, 1.54) is 12.1 Å². The summed E-state index contributed by atoms with van der Waals surface area (Å²) >= 11 is 0. The average molecular weight is 348 g/mol. The van der Waals surface area contributed by atoms with Crippen LogP contribution >= 0.6 is 0 Å². The lowest BCUT2D eigenvalue weighted by Crippen LogP contribution is -2.48. The minimum Gasteiger partial charge on any atom is -0.373 e. The molecule has 2 heterocycles. The molecule has 1 aromatic rings. The molecule has 5 heteroatoms. The number of piperidine rings is 1. The van der Waals surface area contributed by atoms with Crippen molar-refractivity contribution in [3.05, 3.63) is 35.6 Å². The van der Waals surface area contributed by atoms with Crippen LogP contribution in [0.5, 0.6) is 0 Å². The number of likely N-dealkylation sites (tertiary alicyclic amines) is 1. The molecule has 0 aliphatic carbocycles. The Morgan fingerprint density at radius 2 is 1.72 bits per heavy atom. The standard InChI is InChI=1S/C20H29FN2O2/c1-15-12-22(13-16(2)25-15)14-18-7-9-23(10-8-18)20(24)11-17-3-5-19(21)6-4-17/h3-6,15-16,18H,7-14H2,1-2H3. The largest absolute Gasteiger partial charge is 0.373 e. The molecule has 2 unspecified atom stereocenters. The molecule has 0 radical (unpaired) electrons. The first-order valence-electron chi connectivity index (χ1n) is 9.39. The van der Waals surface area contributed by atoms with Crippen molar-refractivity contribution in [2.75, 3.05) is 32.7 Å². The Morgan fingerprint density at radius 3 is 2.32 bits per heavy atom. The number of benzene rings is 1. The number of rotatable bonds is 4. The summed E-state index contributed by atoms with van der Waals surface area (Å²) in [5.41, 5.74) is 0.879. The van der Waals surface area contributed by atoms with E-state index in [1.807, 2.05) is 4.90 Å². The van der Waals surface area contributed by atoms with E-state index in [1.54, 1.807) is 12.1 Å². The van der Waals surface area contributed by atoms with Crippen molar-refractivity contribution in [3.63, 3.8) is 0 Å². The van der Waals surface area contributed by atoms with Gasteiger partial charge in [0.05, 0.1) is 18.6 Å². The number of nitrogens with zero attached hydrogens (tertiary/aromatic N) is 2. The molecular weight excluding hydrogens is 319 g/mol. The molecule has 0 aromatic heterocycles. The molecule has 0 N–H and O–H groups in total. The van der Waals surface area contributed by atoms with Crippen molar-refractivity contribution in [1.29, 1.82) is 0 Å². The maximum absolute atomic E-state index is 13.0. The second kappa shape index (κ2) is 8.28. The summed E-state index contributed by atoms with van der Waals surface area (Å²) in [6.07, 6.45) is 3.11. The van der Waals surface area contributed by atoms with Crippen molar-refractivity contribution in [1.82, 2.24) is 9.80 Å².